The average molecular weight is 339 g/mol. The lowest BCUT2D eigenvalue weighted by molar-refractivity contribution is -0.131. The van der Waals surface area contributed by atoms with E-state index in [1.807, 2.05) is 36.2 Å². The van der Waals surface area contributed by atoms with Gasteiger partial charge >= 0.3 is 0 Å². The van der Waals surface area contributed by atoms with Gasteiger partial charge in [0.2, 0.25) is 5.91 Å². The molecule has 25 heavy (non-hydrogen) atoms. The predicted octanol–water partition coefficient (Wildman–Crippen LogP) is 2.76. The van der Waals surface area contributed by atoms with Crippen LogP contribution in [0.4, 0.5) is 0 Å². The third kappa shape index (κ3) is 7.08. The lowest BCUT2D eigenvalue weighted by atomic mass is 10.2. The van der Waals surface area contributed by atoms with Gasteiger partial charge in [-0.25, -0.2) is 0 Å². The highest BCUT2D eigenvalue weighted by Gasteiger charge is 2.14. The number of likely N-dealkylation sites (N-methyl/N-ethyl adjacent to an activating group) is 1. The van der Waals surface area contributed by atoms with Crippen LogP contribution in [-0.2, 0) is 17.9 Å². The molecule has 4 heteroatoms. The standard InChI is InChI=1S/C21H29N3O/c1-22-14-13-21(25)24(18-20-11-7-4-8-12-20)16-15-23(2)17-19-9-5-3-6-10-19/h3-12,22H,13-18H2,1-2H3. The fourth-order valence-corrected chi connectivity index (χ4v) is 2.75. The first-order chi connectivity index (χ1) is 12.2. The van der Waals surface area contributed by atoms with Crippen LogP contribution in [0.1, 0.15) is 17.5 Å². The van der Waals surface area contributed by atoms with Crippen LogP contribution in [0.5, 0.6) is 0 Å². The molecule has 0 radical (unpaired) electrons. The third-order valence-electron chi connectivity index (χ3n) is 4.20. The van der Waals surface area contributed by atoms with E-state index in [2.05, 4.69) is 53.7 Å². The molecule has 0 saturated carbocycles. The van der Waals surface area contributed by atoms with Gasteiger partial charge in [-0.15, -0.1) is 0 Å². The largest absolute Gasteiger partial charge is 0.337 e. The topological polar surface area (TPSA) is 35.6 Å². The molecular formula is C21H29N3O. The molecule has 0 fully saturated rings. The highest BCUT2D eigenvalue weighted by molar-refractivity contribution is 5.76. The molecule has 0 saturated heterocycles. The molecule has 0 aliphatic carbocycles. The van der Waals surface area contributed by atoms with Crippen molar-refractivity contribution >= 4 is 5.91 Å². The van der Waals surface area contributed by atoms with Crippen molar-refractivity contribution in [3.8, 4) is 0 Å². The maximum Gasteiger partial charge on any atom is 0.224 e. The van der Waals surface area contributed by atoms with Crippen molar-refractivity contribution < 1.29 is 4.79 Å². The Balaban J connectivity index is 1.91. The molecule has 4 nitrogen and oxygen atoms in total. The van der Waals surface area contributed by atoms with Gasteiger partial charge in [-0.1, -0.05) is 60.7 Å². The molecule has 134 valence electrons. The minimum Gasteiger partial charge on any atom is -0.337 e. The second-order valence-corrected chi connectivity index (χ2v) is 6.38. The van der Waals surface area contributed by atoms with Crippen LogP contribution in [-0.4, -0.2) is 49.4 Å². The first-order valence-corrected chi connectivity index (χ1v) is 8.88. The lowest BCUT2D eigenvalue weighted by Gasteiger charge is -2.26. The Labute approximate surface area is 151 Å². The Bertz CT molecular complexity index is 616. The van der Waals surface area contributed by atoms with E-state index in [0.717, 1.165) is 19.6 Å². The second kappa shape index (κ2) is 10.6. The quantitative estimate of drug-likeness (QED) is 0.723. The molecule has 0 aliphatic heterocycles. The van der Waals surface area contributed by atoms with Crippen LogP contribution in [0.2, 0.25) is 0 Å². The molecule has 0 aliphatic rings. The number of hydrogen-bond acceptors (Lipinski definition) is 3. The zero-order valence-corrected chi connectivity index (χ0v) is 15.3. The molecule has 2 aromatic carbocycles. The summed E-state index contributed by atoms with van der Waals surface area (Å²) >= 11 is 0. The van der Waals surface area contributed by atoms with E-state index in [0.29, 0.717) is 19.5 Å². The van der Waals surface area contributed by atoms with Gasteiger partial charge in [-0.2, -0.15) is 0 Å². The fourth-order valence-electron chi connectivity index (χ4n) is 2.75. The van der Waals surface area contributed by atoms with Gasteiger partial charge in [-0.3, -0.25) is 4.79 Å². The number of carbonyl (C=O) groups is 1. The summed E-state index contributed by atoms with van der Waals surface area (Å²) in [5.74, 6) is 0.200. The normalized spacial score (nSPS) is 10.8. The van der Waals surface area contributed by atoms with Crippen molar-refractivity contribution in [2.24, 2.45) is 0 Å². The van der Waals surface area contributed by atoms with E-state index < -0.39 is 0 Å². The number of rotatable bonds is 10. The summed E-state index contributed by atoms with van der Waals surface area (Å²) in [5.41, 5.74) is 2.46. The van der Waals surface area contributed by atoms with Crippen molar-refractivity contribution in [1.29, 1.82) is 0 Å². The third-order valence-corrected chi connectivity index (χ3v) is 4.20. The summed E-state index contributed by atoms with van der Waals surface area (Å²) in [6.07, 6.45) is 0.533. The SMILES string of the molecule is CNCCC(=O)N(CCN(C)Cc1ccccc1)Cc1ccccc1. The number of nitrogens with one attached hydrogen (secondary N) is 1. The minimum atomic E-state index is 0.200. The Kier molecular flexibility index (Phi) is 8.16. The number of nitrogens with zero attached hydrogens (tertiary/aromatic N) is 2. The molecule has 2 rings (SSSR count). The van der Waals surface area contributed by atoms with Crippen LogP contribution in [0.3, 0.4) is 0 Å². The molecule has 1 amide bonds. The molecule has 0 aromatic heterocycles. The van der Waals surface area contributed by atoms with Crippen LogP contribution in [0, 0.1) is 0 Å². The Morgan fingerprint density at radius 3 is 2.00 bits per heavy atom. The zero-order chi connectivity index (χ0) is 17.9. The highest BCUT2D eigenvalue weighted by Crippen LogP contribution is 2.08. The summed E-state index contributed by atoms with van der Waals surface area (Å²) < 4.78 is 0. The maximum absolute atomic E-state index is 12.5. The molecule has 0 heterocycles. The molecular weight excluding hydrogens is 310 g/mol. The van der Waals surface area contributed by atoms with Crippen molar-refractivity contribution in [2.45, 2.75) is 19.5 Å². The lowest BCUT2D eigenvalue weighted by Crippen LogP contribution is -2.38. The summed E-state index contributed by atoms with van der Waals surface area (Å²) in [6, 6.07) is 20.6. The van der Waals surface area contributed by atoms with Gasteiger partial charge in [-0.05, 0) is 25.2 Å². The van der Waals surface area contributed by atoms with E-state index in [1.54, 1.807) is 0 Å². The van der Waals surface area contributed by atoms with E-state index in [-0.39, 0.29) is 5.91 Å². The van der Waals surface area contributed by atoms with E-state index >= 15 is 0 Å². The van der Waals surface area contributed by atoms with Crippen molar-refractivity contribution in [3.05, 3.63) is 71.8 Å². The van der Waals surface area contributed by atoms with E-state index in [9.17, 15) is 4.79 Å². The molecule has 0 atom stereocenters. The summed E-state index contributed by atoms with van der Waals surface area (Å²) in [5, 5.41) is 3.06. The zero-order valence-electron chi connectivity index (χ0n) is 15.3. The van der Waals surface area contributed by atoms with Crippen molar-refractivity contribution in [2.75, 3.05) is 33.7 Å². The molecule has 2 aromatic rings. The summed E-state index contributed by atoms with van der Waals surface area (Å²) in [6.45, 7) is 3.87. The van der Waals surface area contributed by atoms with Crippen LogP contribution >= 0.6 is 0 Å². The van der Waals surface area contributed by atoms with Crippen LogP contribution < -0.4 is 5.32 Å². The van der Waals surface area contributed by atoms with Gasteiger partial charge in [0, 0.05) is 39.1 Å². The first kappa shape index (κ1) is 19.2. The Hall–Kier alpha value is -2.17. The monoisotopic (exact) mass is 339 g/mol. The van der Waals surface area contributed by atoms with Crippen molar-refractivity contribution in [1.82, 2.24) is 15.1 Å². The molecule has 1 N–H and O–H groups in total. The van der Waals surface area contributed by atoms with Gasteiger partial charge in [0.05, 0.1) is 0 Å². The molecule has 0 bridgehead atoms. The minimum absolute atomic E-state index is 0.200. The van der Waals surface area contributed by atoms with Crippen molar-refractivity contribution in [3.63, 3.8) is 0 Å². The summed E-state index contributed by atoms with van der Waals surface area (Å²) in [7, 11) is 3.98. The predicted molar refractivity (Wildman–Crippen MR) is 103 cm³/mol. The second-order valence-electron chi connectivity index (χ2n) is 6.38. The van der Waals surface area contributed by atoms with E-state index in [4.69, 9.17) is 0 Å². The number of benzene rings is 2. The Morgan fingerprint density at radius 2 is 1.44 bits per heavy atom. The number of amides is 1. The number of hydrogen-bond donors (Lipinski definition) is 1. The van der Waals surface area contributed by atoms with Gasteiger partial charge in [0.25, 0.3) is 0 Å². The van der Waals surface area contributed by atoms with Gasteiger partial charge < -0.3 is 15.1 Å². The first-order valence-electron chi connectivity index (χ1n) is 8.88. The maximum atomic E-state index is 12.5. The van der Waals surface area contributed by atoms with Gasteiger partial charge in [0.1, 0.15) is 0 Å². The fraction of sp³-hybridized carbons (Fsp3) is 0.381. The number of carbonyl (C=O) groups excluding carboxylic acids is 1. The molecule has 0 unspecified atom stereocenters. The highest BCUT2D eigenvalue weighted by atomic mass is 16.2. The van der Waals surface area contributed by atoms with Crippen LogP contribution in [0.25, 0.3) is 0 Å². The summed E-state index contributed by atoms with van der Waals surface area (Å²) in [4.78, 5) is 16.8. The van der Waals surface area contributed by atoms with Crippen LogP contribution in [0.15, 0.2) is 60.7 Å². The average Bonchev–Trinajstić information content (AvgIpc) is 2.64. The van der Waals surface area contributed by atoms with Gasteiger partial charge in [0.15, 0.2) is 0 Å². The van der Waals surface area contributed by atoms with E-state index in [1.165, 1.54) is 11.1 Å². The smallest absolute Gasteiger partial charge is 0.224 e. The Morgan fingerprint density at radius 1 is 0.880 bits per heavy atom. The molecule has 0 spiro atoms.